The molecule has 76 valence electrons. The predicted octanol–water partition coefficient (Wildman–Crippen LogP) is 1.42. The minimum Gasteiger partial charge on any atom is -0.376 e. The smallest absolute Gasteiger partial charge is 0.219 e. The molecule has 1 amide bonds. The van der Waals surface area contributed by atoms with Crippen LogP contribution in [-0.4, -0.2) is 36.1 Å². The molecule has 13 heavy (non-hydrogen) atoms. The fourth-order valence-corrected chi connectivity index (χ4v) is 1.71. The number of amides is 1. The van der Waals surface area contributed by atoms with E-state index in [4.69, 9.17) is 4.74 Å². The van der Waals surface area contributed by atoms with Gasteiger partial charge in [-0.25, -0.2) is 0 Å². The summed E-state index contributed by atoms with van der Waals surface area (Å²) in [4.78, 5) is 13.1. The van der Waals surface area contributed by atoms with E-state index in [0.717, 1.165) is 26.0 Å². The molecule has 0 saturated carbocycles. The molecule has 1 aliphatic rings. The molecule has 0 N–H and O–H groups in total. The number of hydrogen-bond acceptors (Lipinski definition) is 2. The molecule has 1 fully saturated rings. The summed E-state index contributed by atoms with van der Waals surface area (Å²) < 4.78 is 5.49. The highest BCUT2D eigenvalue weighted by Crippen LogP contribution is 2.14. The van der Waals surface area contributed by atoms with E-state index in [-0.39, 0.29) is 18.1 Å². The number of carbonyl (C=O) groups excluding carboxylic acids is 1. The third-order valence-corrected chi connectivity index (χ3v) is 2.45. The molecule has 0 radical (unpaired) electrons. The van der Waals surface area contributed by atoms with Gasteiger partial charge in [0.1, 0.15) is 0 Å². The van der Waals surface area contributed by atoms with Crippen LogP contribution in [0.5, 0.6) is 0 Å². The van der Waals surface area contributed by atoms with E-state index in [2.05, 4.69) is 0 Å². The molecule has 3 heteroatoms. The van der Waals surface area contributed by atoms with Crippen LogP contribution in [0.4, 0.5) is 0 Å². The fourth-order valence-electron chi connectivity index (χ4n) is 1.71. The molecule has 1 unspecified atom stereocenters. The highest BCUT2D eigenvalue weighted by Gasteiger charge is 2.21. The SMILES string of the molecule is CC(=O)N(CC1CCCO1)C(C)C. The highest BCUT2D eigenvalue weighted by molar-refractivity contribution is 5.73. The fraction of sp³-hybridized carbons (Fsp3) is 0.900. The van der Waals surface area contributed by atoms with Gasteiger partial charge in [0.05, 0.1) is 6.10 Å². The molecule has 0 aliphatic carbocycles. The number of rotatable bonds is 3. The first-order chi connectivity index (χ1) is 6.11. The Hall–Kier alpha value is -0.570. The van der Waals surface area contributed by atoms with Crippen molar-refractivity contribution < 1.29 is 9.53 Å². The van der Waals surface area contributed by atoms with Crippen molar-refractivity contribution in [3.63, 3.8) is 0 Å². The lowest BCUT2D eigenvalue weighted by molar-refractivity contribution is -0.132. The van der Waals surface area contributed by atoms with Gasteiger partial charge in [0.25, 0.3) is 0 Å². The average molecular weight is 185 g/mol. The molecule has 1 atom stereocenters. The van der Waals surface area contributed by atoms with E-state index in [1.807, 2.05) is 18.7 Å². The Morgan fingerprint density at radius 3 is 2.69 bits per heavy atom. The first-order valence-electron chi connectivity index (χ1n) is 5.00. The van der Waals surface area contributed by atoms with Gasteiger partial charge >= 0.3 is 0 Å². The van der Waals surface area contributed by atoms with Gasteiger partial charge in [-0.3, -0.25) is 4.79 Å². The number of ether oxygens (including phenoxy) is 1. The minimum atomic E-state index is 0.144. The van der Waals surface area contributed by atoms with E-state index < -0.39 is 0 Å². The summed E-state index contributed by atoms with van der Waals surface area (Å²) >= 11 is 0. The van der Waals surface area contributed by atoms with E-state index in [0.29, 0.717) is 0 Å². The van der Waals surface area contributed by atoms with Crippen molar-refractivity contribution in [2.24, 2.45) is 0 Å². The van der Waals surface area contributed by atoms with Crippen LogP contribution in [0.25, 0.3) is 0 Å². The van der Waals surface area contributed by atoms with Crippen molar-refractivity contribution in [1.82, 2.24) is 4.90 Å². The van der Waals surface area contributed by atoms with E-state index >= 15 is 0 Å². The second-order valence-corrected chi connectivity index (χ2v) is 3.90. The molecule has 0 aromatic heterocycles. The zero-order valence-electron chi connectivity index (χ0n) is 8.75. The number of nitrogens with zero attached hydrogens (tertiary/aromatic N) is 1. The third kappa shape index (κ3) is 2.99. The van der Waals surface area contributed by atoms with Crippen LogP contribution in [0.15, 0.2) is 0 Å². The monoisotopic (exact) mass is 185 g/mol. The largest absolute Gasteiger partial charge is 0.376 e. The molecule has 0 aromatic rings. The Labute approximate surface area is 80.1 Å². The van der Waals surface area contributed by atoms with E-state index in [1.165, 1.54) is 0 Å². The first kappa shape index (κ1) is 10.5. The van der Waals surface area contributed by atoms with Crippen molar-refractivity contribution in [1.29, 1.82) is 0 Å². The summed E-state index contributed by atoms with van der Waals surface area (Å²) in [6.07, 6.45) is 2.50. The van der Waals surface area contributed by atoms with Crippen LogP contribution in [-0.2, 0) is 9.53 Å². The summed E-state index contributed by atoms with van der Waals surface area (Å²) in [5.41, 5.74) is 0. The zero-order valence-corrected chi connectivity index (χ0v) is 8.75. The molecular weight excluding hydrogens is 166 g/mol. The maximum absolute atomic E-state index is 11.2. The predicted molar refractivity (Wildman–Crippen MR) is 51.5 cm³/mol. The quantitative estimate of drug-likeness (QED) is 0.665. The number of carbonyl (C=O) groups is 1. The van der Waals surface area contributed by atoms with E-state index in [9.17, 15) is 4.79 Å². The molecule has 0 aromatic carbocycles. The molecule has 1 heterocycles. The number of hydrogen-bond donors (Lipinski definition) is 0. The van der Waals surface area contributed by atoms with Crippen molar-refractivity contribution in [2.75, 3.05) is 13.2 Å². The van der Waals surface area contributed by atoms with Gasteiger partial charge in [-0.05, 0) is 26.7 Å². The molecular formula is C10H19NO2. The molecule has 3 nitrogen and oxygen atoms in total. The Balaban J connectivity index is 2.41. The third-order valence-electron chi connectivity index (χ3n) is 2.45. The standard InChI is InChI=1S/C10H19NO2/c1-8(2)11(9(3)12)7-10-5-4-6-13-10/h8,10H,4-7H2,1-3H3. The average Bonchev–Trinajstić information content (AvgIpc) is 2.50. The maximum atomic E-state index is 11.2. The topological polar surface area (TPSA) is 29.5 Å². The molecule has 0 spiro atoms. The van der Waals surface area contributed by atoms with Crippen molar-refractivity contribution in [2.45, 2.75) is 45.8 Å². The van der Waals surface area contributed by atoms with Gasteiger partial charge in [0, 0.05) is 26.1 Å². The van der Waals surface area contributed by atoms with Gasteiger partial charge in [-0.2, -0.15) is 0 Å². The first-order valence-corrected chi connectivity index (χ1v) is 5.00. The molecule has 1 aliphatic heterocycles. The van der Waals surface area contributed by atoms with E-state index in [1.54, 1.807) is 6.92 Å². The lowest BCUT2D eigenvalue weighted by Gasteiger charge is -2.27. The Bertz CT molecular complexity index is 174. The van der Waals surface area contributed by atoms with Crippen molar-refractivity contribution >= 4 is 5.91 Å². The van der Waals surface area contributed by atoms with Crippen molar-refractivity contribution in [3.05, 3.63) is 0 Å². The van der Waals surface area contributed by atoms with Crippen LogP contribution < -0.4 is 0 Å². The zero-order chi connectivity index (χ0) is 9.84. The van der Waals surface area contributed by atoms with Crippen LogP contribution >= 0.6 is 0 Å². The Morgan fingerprint density at radius 1 is 1.62 bits per heavy atom. The lowest BCUT2D eigenvalue weighted by Crippen LogP contribution is -2.40. The summed E-state index contributed by atoms with van der Waals surface area (Å²) in [5, 5.41) is 0. The van der Waals surface area contributed by atoms with Crippen LogP contribution in [0.2, 0.25) is 0 Å². The normalized spacial score (nSPS) is 22.3. The van der Waals surface area contributed by atoms with Gasteiger partial charge in [-0.1, -0.05) is 0 Å². The molecule has 1 saturated heterocycles. The summed E-state index contributed by atoms with van der Waals surface area (Å²) in [6, 6.07) is 0.279. The second-order valence-electron chi connectivity index (χ2n) is 3.90. The second kappa shape index (κ2) is 4.61. The lowest BCUT2D eigenvalue weighted by atomic mass is 10.2. The van der Waals surface area contributed by atoms with Crippen molar-refractivity contribution in [3.8, 4) is 0 Å². The van der Waals surface area contributed by atoms with Gasteiger partial charge < -0.3 is 9.64 Å². The maximum Gasteiger partial charge on any atom is 0.219 e. The summed E-state index contributed by atoms with van der Waals surface area (Å²) in [7, 11) is 0. The minimum absolute atomic E-state index is 0.144. The van der Waals surface area contributed by atoms with Gasteiger partial charge in [0.15, 0.2) is 0 Å². The summed E-state index contributed by atoms with van der Waals surface area (Å²) in [6.45, 7) is 7.31. The van der Waals surface area contributed by atoms with Crippen LogP contribution in [0.3, 0.4) is 0 Å². The van der Waals surface area contributed by atoms with Crippen LogP contribution in [0, 0.1) is 0 Å². The van der Waals surface area contributed by atoms with Crippen LogP contribution in [0.1, 0.15) is 33.6 Å². The molecule has 1 rings (SSSR count). The molecule has 0 bridgehead atoms. The Morgan fingerprint density at radius 2 is 2.31 bits per heavy atom. The Kier molecular flexibility index (Phi) is 3.72. The highest BCUT2D eigenvalue weighted by atomic mass is 16.5. The van der Waals surface area contributed by atoms with Gasteiger partial charge in [0.2, 0.25) is 5.91 Å². The summed E-state index contributed by atoms with van der Waals surface area (Å²) in [5.74, 6) is 0.144. The van der Waals surface area contributed by atoms with Gasteiger partial charge in [-0.15, -0.1) is 0 Å².